The Bertz CT molecular complexity index is 659. The van der Waals surface area contributed by atoms with Crippen molar-refractivity contribution in [3.05, 3.63) is 63.6 Å². The number of nitrogen functional groups attached to an aromatic ring is 1. The standard InChI is InChI=1S/C15H12BrF2NO2/c16-12-5-6-13(17)11(15(12)18)8-21-14(20)7-9-1-3-10(19)4-2-9/h1-6H,7-8,19H2. The van der Waals surface area contributed by atoms with E-state index < -0.39 is 24.2 Å². The maximum atomic E-state index is 13.7. The van der Waals surface area contributed by atoms with Crippen LogP contribution in [0, 0.1) is 11.6 Å². The number of rotatable bonds is 4. The third kappa shape index (κ3) is 4.01. The number of esters is 1. The molecular weight excluding hydrogens is 344 g/mol. The van der Waals surface area contributed by atoms with E-state index in [1.54, 1.807) is 24.3 Å². The lowest BCUT2D eigenvalue weighted by molar-refractivity contribution is -0.144. The number of hydrogen-bond donors (Lipinski definition) is 1. The predicted molar refractivity (Wildman–Crippen MR) is 78.4 cm³/mol. The van der Waals surface area contributed by atoms with E-state index in [9.17, 15) is 13.6 Å². The van der Waals surface area contributed by atoms with E-state index in [1.807, 2.05) is 0 Å². The van der Waals surface area contributed by atoms with Crippen LogP contribution in [0.1, 0.15) is 11.1 Å². The van der Waals surface area contributed by atoms with Crippen molar-refractivity contribution >= 4 is 27.6 Å². The highest BCUT2D eigenvalue weighted by Crippen LogP contribution is 2.22. The van der Waals surface area contributed by atoms with Crippen molar-refractivity contribution in [3.63, 3.8) is 0 Å². The van der Waals surface area contributed by atoms with Gasteiger partial charge in [0, 0.05) is 5.69 Å². The molecule has 110 valence electrons. The summed E-state index contributed by atoms with van der Waals surface area (Å²) in [5, 5.41) is 0. The summed E-state index contributed by atoms with van der Waals surface area (Å²) in [5.74, 6) is -2.09. The van der Waals surface area contributed by atoms with Crippen LogP contribution in [0.3, 0.4) is 0 Å². The highest BCUT2D eigenvalue weighted by molar-refractivity contribution is 9.10. The second-order valence-electron chi connectivity index (χ2n) is 4.40. The summed E-state index contributed by atoms with van der Waals surface area (Å²) in [7, 11) is 0. The van der Waals surface area contributed by atoms with Crippen LogP contribution >= 0.6 is 15.9 Å². The van der Waals surface area contributed by atoms with Crippen molar-refractivity contribution in [3.8, 4) is 0 Å². The summed E-state index contributed by atoms with van der Waals surface area (Å²) < 4.78 is 32.2. The Balaban J connectivity index is 1.98. The Morgan fingerprint density at radius 3 is 2.48 bits per heavy atom. The number of nitrogens with two attached hydrogens (primary N) is 1. The molecule has 21 heavy (non-hydrogen) atoms. The Hall–Kier alpha value is -1.95. The van der Waals surface area contributed by atoms with Crippen LogP contribution < -0.4 is 5.73 Å². The lowest BCUT2D eigenvalue weighted by Crippen LogP contribution is -2.10. The molecule has 0 radical (unpaired) electrons. The molecule has 0 aromatic heterocycles. The van der Waals surface area contributed by atoms with Crippen LogP contribution in [0.15, 0.2) is 40.9 Å². The highest BCUT2D eigenvalue weighted by atomic mass is 79.9. The van der Waals surface area contributed by atoms with Gasteiger partial charge in [0.1, 0.15) is 18.2 Å². The van der Waals surface area contributed by atoms with Crippen molar-refractivity contribution in [1.29, 1.82) is 0 Å². The molecule has 0 aliphatic carbocycles. The number of halogens is 3. The van der Waals surface area contributed by atoms with E-state index in [2.05, 4.69) is 15.9 Å². The number of hydrogen-bond acceptors (Lipinski definition) is 3. The quantitative estimate of drug-likeness (QED) is 0.518. The molecule has 0 atom stereocenters. The number of benzene rings is 2. The number of anilines is 1. The van der Waals surface area contributed by atoms with Gasteiger partial charge in [0.05, 0.1) is 16.5 Å². The summed E-state index contributed by atoms with van der Waals surface area (Å²) >= 11 is 2.95. The lowest BCUT2D eigenvalue weighted by Gasteiger charge is -2.08. The van der Waals surface area contributed by atoms with Gasteiger partial charge in [-0.15, -0.1) is 0 Å². The molecule has 0 spiro atoms. The van der Waals surface area contributed by atoms with Gasteiger partial charge in [-0.05, 0) is 45.8 Å². The maximum absolute atomic E-state index is 13.7. The minimum absolute atomic E-state index is 0.0114. The van der Waals surface area contributed by atoms with Crippen LogP contribution in [0.5, 0.6) is 0 Å². The molecule has 2 aromatic rings. The van der Waals surface area contributed by atoms with Crippen molar-refractivity contribution in [2.45, 2.75) is 13.0 Å². The summed E-state index contributed by atoms with van der Waals surface area (Å²) in [6, 6.07) is 9.07. The molecule has 0 bridgehead atoms. The van der Waals surface area contributed by atoms with E-state index in [4.69, 9.17) is 10.5 Å². The fraction of sp³-hybridized carbons (Fsp3) is 0.133. The highest BCUT2D eigenvalue weighted by Gasteiger charge is 2.14. The predicted octanol–water partition coefficient (Wildman–Crippen LogP) is 3.60. The van der Waals surface area contributed by atoms with Crippen molar-refractivity contribution in [2.24, 2.45) is 0 Å². The topological polar surface area (TPSA) is 52.3 Å². The Morgan fingerprint density at radius 2 is 1.81 bits per heavy atom. The molecule has 0 heterocycles. The SMILES string of the molecule is Nc1ccc(CC(=O)OCc2c(F)ccc(Br)c2F)cc1. The van der Waals surface area contributed by atoms with E-state index in [0.29, 0.717) is 11.3 Å². The minimum Gasteiger partial charge on any atom is -0.460 e. The van der Waals surface area contributed by atoms with Crippen LogP contribution in [0.25, 0.3) is 0 Å². The normalized spacial score (nSPS) is 10.4. The van der Waals surface area contributed by atoms with Crippen LogP contribution in [0.4, 0.5) is 14.5 Å². The van der Waals surface area contributed by atoms with Gasteiger partial charge >= 0.3 is 5.97 Å². The second-order valence-corrected chi connectivity index (χ2v) is 5.26. The third-order valence-electron chi connectivity index (χ3n) is 2.84. The molecule has 2 N–H and O–H groups in total. The molecule has 0 aliphatic rings. The summed E-state index contributed by atoms with van der Waals surface area (Å²) in [5.41, 5.74) is 6.55. The van der Waals surface area contributed by atoms with Gasteiger partial charge < -0.3 is 10.5 Å². The average molecular weight is 356 g/mol. The number of ether oxygens (including phenoxy) is 1. The summed E-state index contributed by atoms with van der Waals surface area (Å²) in [6.45, 7) is -0.453. The van der Waals surface area contributed by atoms with Crippen LogP contribution in [0.2, 0.25) is 0 Å². The molecule has 0 saturated heterocycles. The Morgan fingerprint density at radius 1 is 1.14 bits per heavy atom. The van der Waals surface area contributed by atoms with E-state index in [1.165, 1.54) is 6.07 Å². The van der Waals surface area contributed by atoms with E-state index >= 15 is 0 Å². The number of carbonyl (C=O) groups is 1. The minimum atomic E-state index is -0.768. The van der Waals surface area contributed by atoms with Crippen LogP contribution in [-0.2, 0) is 22.6 Å². The van der Waals surface area contributed by atoms with E-state index in [-0.39, 0.29) is 16.5 Å². The molecule has 2 aromatic carbocycles. The molecule has 3 nitrogen and oxygen atoms in total. The first-order valence-corrected chi connectivity index (χ1v) is 6.89. The third-order valence-corrected chi connectivity index (χ3v) is 3.46. The monoisotopic (exact) mass is 355 g/mol. The first-order valence-electron chi connectivity index (χ1n) is 6.10. The van der Waals surface area contributed by atoms with Gasteiger partial charge in [-0.25, -0.2) is 8.78 Å². The van der Waals surface area contributed by atoms with Gasteiger partial charge in [0.2, 0.25) is 0 Å². The van der Waals surface area contributed by atoms with E-state index in [0.717, 1.165) is 6.07 Å². The summed E-state index contributed by atoms with van der Waals surface area (Å²) in [4.78, 5) is 11.7. The van der Waals surface area contributed by atoms with Gasteiger partial charge in [0.15, 0.2) is 0 Å². The first kappa shape index (κ1) is 15.4. The molecule has 6 heteroatoms. The first-order chi connectivity index (χ1) is 9.97. The Kier molecular flexibility index (Phi) is 4.90. The number of carbonyl (C=O) groups excluding carboxylic acids is 1. The largest absolute Gasteiger partial charge is 0.460 e. The zero-order valence-corrected chi connectivity index (χ0v) is 12.5. The van der Waals surface area contributed by atoms with Crippen molar-refractivity contribution < 1.29 is 18.3 Å². The van der Waals surface area contributed by atoms with Crippen molar-refractivity contribution in [2.75, 3.05) is 5.73 Å². The molecule has 0 saturated carbocycles. The van der Waals surface area contributed by atoms with Gasteiger partial charge in [-0.3, -0.25) is 4.79 Å². The molecule has 2 rings (SSSR count). The van der Waals surface area contributed by atoms with Crippen LogP contribution in [-0.4, -0.2) is 5.97 Å². The fourth-order valence-electron chi connectivity index (χ4n) is 1.71. The maximum Gasteiger partial charge on any atom is 0.310 e. The average Bonchev–Trinajstić information content (AvgIpc) is 2.45. The molecule has 0 amide bonds. The summed E-state index contributed by atoms with van der Waals surface area (Å²) in [6.07, 6.45) is 0.0114. The van der Waals surface area contributed by atoms with Gasteiger partial charge in [-0.2, -0.15) is 0 Å². The molecular formula is C15H12BrF2NO2. The van der Waals surface area contributed by atoms with Gasteiger partial charge in [-0.1, -0.05) is 12.1 Å². The Labute approximate surface area is 128 Å². The zero-order valence-electron chi connectivity index (χ0n) is 10.9. The van der Waals surface area contributed by atoms with Crippen molar-refractivity contribution in [1.82, 2.24) is 0 Å². The van der Waals surface area contributed by atoms with Gasteiger partial charge in [0.25, 0.3) is 0 Å². The second kappa shape index (κ2) is 6.67. The molecule has 0 aliphatic heterocycles. The lowest BCUT2D eigenvalue weighted by atomic mass is 10.1. The molecule has 0 fully saturated rings. The molecule has 0 unspecified atom stereocenters. The zero-order chi connectivity index (χ0) is 15.4. The fourth-order valence-corrected chi connectivity index (χ4v) is 2.08. The smallest absolute Gasteiger partial charge is 0.310 e.